The van der Waals surface area contributed by atoms with Crippen LogP contribution in [0.1, 0.15) is 0 Å². The Morgan fingerprint density at radius 2 is 1.34 bits per heavy atom. The molecule has 32 heavy (non-hydrogen) atoms. The number of benzene rings is 2. The summed E-state index contributed by atoms with van der Waals surface area (Å²) in [6.07, 6.45) is 1.29. The van der Waals surface area contributed by atoms with E-state index in [9.17, 15) is 10.1 Å². The Bertz CT molecular complexity index is 1070. The van der Waals surface area contributed by atoms with Crippen LogP contribution in [0, 0.1) is 10.1 Å². The first-order chi connectivity index (χ1) is 15.6. The zero-order valence-electron chi connectivity index (χ0n) is 17.8. The zero-order chi connectivity index (χ0) is 22.5. The topological polar surface area (TPSA) is 103 Å². The number of piperazine rings is 1. The van der Waals surface area contributed by atoms with Crippen LogP contribution >= 0.6 is 0 Å². The largest absolute Gasteiger partial charge is 0.497 e. The average molecular weight is 437 g/mol. The quantitative estimate of drug-likeness (QED) is 0.406. The first-order valence-corrected chi connectivity index (χ1v) is 10.0. The maximum Gasteiger partial charge on any atom is 0.373 e. The minimum Gasteiger partial charge on any atom is -0.497 e. The molecule has 0 atom stereocenters. The van der Waals surface area contributed by atoms with Gasteiger partial charge in [0.05, 0.1) is 19.1 Å². The number of hydrogen-bond acceptors (Lipinski definition) is 9. The van der Waals surface area contributed by atoms with E-state index in [2.05, 4.69) is 14.9 Å². The third-order valence-corrected chi connectivity index (χ3v) is 5.24. The molecular formula is C22H23N5O5. The molecule has 10 heteroatoms. The van der Waals surface area contributed by atoms with Crippen LogP contribution in [-0.4, -0.2) is 55.3 Å². The Balaban J connectivity index is 1.52. The van der Waals surface area contributed by atoms with Gasteiger partial charge in [0.2, 0.25) is 5.82 Å². The molecule has 1 saturated heterocycles. The Hall–Kier alpha value is -4.08. The van der Waals surface area contributed by atoms with Gasteiger partial charge in [0.15, 0.2) is 0 Å². The lowest BCUT2D eigenvalue weighted by molar-refractivity contribution is -0.385. The van der Waals surface area contributed by atoms with Crippen LogP contribution in [-0.2, 0) is 0 Å². The van der Waals surface area contributed by atoms with E-state index in [-0.39, 0.29) is 17.4 Å². The SMILES string of the molecule is COc1ccc(Oc2ncnc(N3CCN(c4ccc(OC)cc4)CC3)c2[N+](=O)[O-])cc1. The van der Waals surface area contributed by atoms with E-state index < -0.39 is 4.92 Å². The summed E-state index contributed by atoms with van der Waals surface area (Å²) in [4.78, 5) is 23.7. The highest BCUT2D eigenvalue weighted by molar-refractivity contribution is 5.64. The molecule has 1 aliphatic rings. The third kappa shape index (κ3) is 4.48. The fourth-order valence-electron chi connectivity index (χ4n) is 3.54. The van der Waals surface area contributed by atoms with Gasteiger partial charge in [0, 0.05) is 31.9 Å². The molecule has 4 rings (SSSR count). The Labute approximate surface area is 185 Å². The lowest BCUT2D eigenvalue weighted by Crippen LogP contribution is -2.47. The fraction of sp³-hybridized carbons (Fsp3) is 0.273. The molecule has 0 amide bonds. The summed E-state index contributed by atoms with van der Waals surface area (Å²) in [6.45, 7) is 2.54. The number of ether oxygens (including phenoxy) is 3. The van der Waals surface area contributed by atoms with Crippen molar-refractivity contribution in [2.24, 2.45) is 0 Å². The van der Waals surface area contributed by atoms with Crippen molar-refractivity contribution in [1.82, 2.24) is 9.97 Å². The standard InChI is InChI=1S/C22H23N5O5/c1-30-17-5-3-16(4-6-17)25-11-13-26(14-12-25)21-20(27(28)29)22(24-15-23-21)32-19-9-7-18(31-2)8-10-19/h3-10,15H,11-14H2,1-2H3. The summed E-state index contributed by atoms with van der Waals surface area (Å²) in [5, 5.41) is 11.9. The molecule has 166 valence electrons. The lowest BCUT2D eigenvalue weighted by atomic mass is 10.2. The molecule has 0 spiro atoms. The minimum absolute atomic E-state index is 0.0947. The summed E-state index contributed by atoms with van der Waals surface area (Å²) in [7, 11) is 3.20. The van der Waals surface area contributed by atoms with Crippen LogP contribution in [0.4, 0.5) is 17.2 Å². The molecule has 3 aromatic rings. The molecule has 0 unspecified atom stereocenters. The van der Waals surface area contributed by atoms with Crippen molar-refractivity contribution in [2.45, 2.75) is 0 Å². The first-order valence-electron chi connectivity index (χ1n) is 10.0. The van der Waals surface area contributed by atoms with Gasteiger partial charge < -0.3 is 24.0 Å². The van der Waals surface area contributed by atoms with Crippen molar-refractivity contribution >= 4 is 17.2 Å². The van der Waals surface area contributed by atoms with E-state index in [1.165, 1.54) is 6.33 Å². The number of rotatable bonds is 7. The van der Waals surface area contributed by atoms with E-state index in [0.717, 1.165) is 11.4 Å². The van der Waals surface area contributed by atoms with Gasteiger partial charge in [-0.25, -0.2) is 4.98 Å². The van der Waals surface area contributed by atoms with Crippen molar-refractivity contribution in [3.8, 4) is 23.1 Å². The van der Waals surface area contributed by atoms with Crippen molar-refractivity contribution in [3.63, 3.8) is 0 Å². The molecule has 0 saturated carbocycles. The second-order valence-electron chi connectivity index (χ2n) is 7.06. The first kappa shape index (κ1) is 21.2. The molecule has 1 aromatic heterocycles. The molecule has 0 bridgehead atoms. The predicted molar refractivity (Wildman–Crippen MR) is 119 cm³/mol. The lowest BCUT2D eigenvalue weighted by Gasteiger charge is -2.36. The summed E-state index contributed by atoms with van der Waals surface area (Å²) < 4.78 is 16.1. The molecular weight excluding hydrogens is 414 g/mol. The van der Waals surface area contributed by atoms with Crippen LogP contribution in [0.2, 0.25) is 0 Å². The van der Waals surface area contributed by atoms with Crippen LogP contribution in [0.25, 0.3) is 0 Å². The third-order valence-electron chi connectivity index (χ3n) is 5.24. The monoisotopic (exact) mass is 437 g/mol. The van der Waals surface area contributed by atoms with Crippen molar-refractivity contribution < 1.29 is 19.1 Å². The normalized spacial score (nSPS) is 13.6. The average Bonchev–Trinajstić information content (AvgIpc) is 2.84. The number of aromatic nitrogens is 2. The van der Waals surface area contributed by atoms with E-state index in [4.69, 9.17) is 14.2 Å². The Morgan fingerprint density at radius 1 is 0.812 bits per heavy atom. The van der Waals surface area contributed by atoms with E-state index >= 15 is 0 Å². The number of methoxy groups -OCH3 is 2. The number of nitrogens with zero attached hydrogens (tertiary/aromatic N) is 5. The Morgan fingerprint density at radius 3 is 1.91 bits per heavy atom. The number of hydrogen-bond donors (Lipinski definition) is 0. The second kappa shape index (κ2) is 9.38. The van der Waals surface area contributed by atoms with Gasteiger partial charge >= 0.3 is 11.6 Å². The van der Waals surface area contributed by atoms with Crippen LogP contribution in [0.3, 0.4) is 0 Å². The van der Waals surface area contributed by atoms with Crippen LogP contribution in [0.5, 0.6) is 23.1 Å². The fourth-order valence-corrected chi connectivity index (χ4v) is 3.54. The summed E-state index contributed by atoms with van der Waals surface area (Å²) in [5.41, 5.74) is 0.826. The summed E-state index contributed by atoms with van der Waals surface area (Å²) >= 11 is 0. The summed E-state index contributed by atoms with van der Waals surface area (Å²) in [6, 6.07) is 14.6. The van der Waals surface area contributed by atoms with Gasteiger partial charge in [0.1, 0.15) is 23.6 Å². The van der Waals surface area contributed by atoms with E-state index in [0.29, 0.717) is 37.7 Å². The van der Waals surface area contributed by atoms with Gasteiger partial charge in [0.25, 0.3) is 0 Å². The molecule has 0 aliphatic carbocycles. The summed E-state index contributed by atoms with van der Waals surface area (Å²) in [5.74, 6) is 2.03. The highest BCUT2D eigenvalue weighted by atomic mass is 16.6. The highest BCUT2D eigenvalue weighted by Gasteiger charge is 2.30. The molecule has 1 fully saturated rings. The molecule has 1 aliphatic heterocycles. The van der Waals surface area contributed by atoms with Gasteiger partial charge in [-0.3, -0.25) is 10.1 Å². The number of nitro groups is 1. The zero-order valence-corrected chi connectivity index (χ0v) is 17.8. The number of anilines is 2. The van der Waals surface area contributed by atoms with Gasteiger partial charge in [-0.1, -0.05) is 0 Å². The van der Waals surface area contributed by atoms with Gasteiger partial charge in [-0.15, -0.1) is 0 Å². The minimum atomic E-state index is -0.496. The highest BCUT2D eigenvalue weighted by Crippen LogP contribution is 2.37. The van der Waals surface area contributed by atoms with Crippen molar-refractivity contribution in [2.75, 3.05) is 50.2 Å². The molecule has 0 N–H and O–H groups in total. The van der Waals surface area contributed by atoms with Crippen molar-refractivity contribution in [3.05, 3.63) is 65.0 Å². The van der Waals surface area contributed by atoms with Crippen LogP contribution in [0.15, 0.2) is 54.9 Å². The Kier molecular flexibility index (Phi) is 6.20. The van der Waals surface area contributed by atoms with Gasteiger partial charge in [-0.05, 0) is 48.5 Å². The van der Waals surface area contributed by atoms with Gasteiger partial charge in [-0.2, -0.15) is 4.98 Å². The molecule has 2 heterocycles. The second-order valence-corrected chi connectivity index (χ2v) is 7.06. The van der Waals surface area contributed by atoms with Crippen molar-refractivity contribution in [1.29, 1.82) is 0 Å². The molecule has 0 radical (unpaired) electrons. The van der Waals surface area contributed by atoms with E-state index in [1.54, 1.807) is 38.5 Å². The van der Waals surface area contributed by atoms with E-state index in [1.807, 2.05) is 29.2 Å². The maximum atomic E-state index is 11.9. The smallest absolute Gasteiger partial charge is 0.373 e. The maximum absolute atomic E-state index is 11.9. The molecule has 10 nitrogen and oxygen atoms in total. The van der Waals surface area contributed by atoms with Crippen LogP contribution < -0.4 is 24.0 Å². The predicted octanol–water partition coefficient (Wildman–Crippen LogP) is 3.52. The molecule has 2 aromatic carbocycles.